The van der Waals surface area contributed by atoms with Gasteiger partial charge in [-0.15, -0.1) is 0 Å². The van der Waals surface area contributed by atoms with Crippen LogP contribution in [0.25, 0.3) is 0 Å². The predicted octanol–water partition coefficient (Wildman–Crippen LogP) is -0.517. The van der Waals surface area contributed by atoms with Crippen molar-refractivity contribution in [2.24, 2.45) is 5.73 Å². The quantitative estimate of drug-likeness (QED) is 0.623. The topological polar surface area (TPSA) is 56.5 Å². The van der Waals surface area contributed by atoms with Crippen LogP contribution in [0, 0.1) is 0 Å². The van der Waals surface area contributed by atoms with Gasteiger partial charge in [-0.2, -0.15) is 0 Å². The number of rotatable bonds is 3. The minimum Gasteiger partial charge on any atom is -0.377 e. The molecule has 2 fully saturated rings. The molecule has 1 saturated heterocycles. The van der Waals surface area contributed by atoms with Crippen molar-refractivity contribution in [1.82, 2.24) is 5.32 Å². The van der Waals surface area contributed by atoms with Gasteiger partial charge in [-0.3, -0.25) is 0 Å². The van der Waals surface area contributed by atoms with E-state index >= 15 is 0 Å². The molecule has 0 aromatic carbocycles. The first-order valence-electron chi connectivity index (χ1n) is 4.98. The molecule has 1 saturated carbocycles. The summed E-state index contributed by atoms with van der Waals surface area (Å²) >= 11 is 0. The Balaban J connectivity index is 1.92. The Morgan fingerprint density at radius 3 is 2.31 bits per heavy atom. The molecular weight excluding hydrogens is 168 g/mol. The van der Waals surface area contributed by atoms with Gasteiger partial charge in [0.05, 0.1) is 32.0 Å². The molecule has 0 aromatic heterocycles. The van der Waals surface area contributed by atoms with Gasteiger partial charge < -0.3 is 20.5 Å². The monoisotopic (exact) mass is 186 g/mol. The highest BCUT2D eigenvalue weighted by atomic mass is 16.5. The van der Waals surface area contributed by atoms with Crippen LogP contribution in [0.3, 0.4) is 0 Å². The van der Waals surface area contributed by atoms with E-state index in [0.717, 1.165) is 0 Å². The van der Waals surface area contributed by atoms with E-state index in [4.69, 9.17) is 15.2 Å². The summed E-state index contributed by atoms with van der Waals surface area (Å²) in [5.41, 5.74) is 5.63. The van der Waals surface area contributed by atoms with Crippen LogP contribution in [0.15, 0.2) is 0 Å². The fourth-order valence-corrected chi connectivity index (χ4v) is 1.62. The summed E-state index contributed by atoms with van der Waals surface area (Å²) in [6.45, 7) is 3.33. The lowest BCUT2D eigenvalue weighted by atomic mass is 10.0. The standard InChI is InChI=1S/C9H18N2O2/c10-5-9(11-8-1-2-8)6-12-3-4-13-7-9/h8,11H,1-7,10H2. The van der Waals surface area contributed by atoms with Crippen molar-refractivity contribution < 1.29 is 9.47 Å². The lowest BCUT2D eigenvalue weighted by Crippen LogP contribution is -2.58. The Morgan fingerprint density at radius 2 is 1.85 bits per heavy atom. The van der Waals surface area contributed by atoms with E-state index in [9.17, 15) is 0 Å². The maximum Gasteiger partial charge on any atom is 0.0779 e. The summed E-state index contributed by atoms with van der Waals surface area (Å²) in [5, 5.41) is 3.52. The molecule has 0 bridgehead atoms. The molecule has 4 heteroatoms. The predicted molar refractivity (Wildman–Crippen MR) is 49.6 cm³/mol. The van der Waals surface area contributed by atoms with Gasteiger partial charge in [-0.1, -0.05) is 0 Å². The summed E-state index contributed by atoms with van der Waals surface area (Å²) < 4.78 is 10.9. The average molecular weight is 186 g/mol. The number of hydrogen-bond donors (Lipinski definition) is 2. The van der Waals surface area contributed by atoms with E-state index in [1.807, 2.05) is 0 Å². The van der Waals surface area contributed by atoms with Crippen molar-refractivity contribution >= 4 is 0 Å². The zero-order valence-electron chi connectivity index (χ0n) is 7.92. The molecule has 2 aliphatic rings. The minimum absolute atomic E-state index is 0.127. The lowest BCUT2D eigenvalue weighted by molar-refractivity contribution is 0.0901. The van der Waals surface area contributed by atoms with Crippen LogP contribution in [0.5, 0.6) is 0 Å². The van der Waals surface area contributed by atoms with Crippen molar-refractivity contribution in [1.29, 1.82) is 0 Å². The highest BCUT2D eigenvalue weighted by Gasteiger charge is 2.36. The van der Waals surface area contributed by atoms with Gasteiger partial charge >= 0.3 is 0 Å². The molecule has 0 unspecified atom stereocenters. The molecule has 1 aliphatic carbocycles. The molecule has 4 nitrogen and oxygen atoms in total. The van der Waals surface area contributed by atoms with E-state index in [1.54, 1.807) is 0 Å². The summed E-state index contributed by atoms with van der Waals surface area (Å²) in [6.07, 6.45) is 2.53. The van der Waals surface area contributed by atoms with Gasteiger partial charge in [0.25, 0.3) is 0 Å². The number of nitrogens with two attached hydrogens (primary N) is 1. The first kappa shape index (κ1) is 9.40. The molecule has 76 valence electrons. The van der Waals surface area contributed by atoms with Crippen LogP contribution < -0.4 is 11.1 Å². The zero-order valence-corrected chi connectivity index (χ0v) is 7.92. The highest BCUT2D eigenvalue weighted by molar-refractivity contribution is 4.97. The van der Waals surface area contributed by atoms with Crippen molar-refractivity contribution in [2.75, 3.05) is 33.0 Å². The maximum atomic E-state index is 5.76. The summed E-state index contributed by atoms with van der Waals surface area (Å²) in [5.74, 6) is 0. The summed E-state index contributed by atoms with van der Waals surface area (Å²) in [6, 6.07) is 0.647. The fraction of sp³-hybridized carbons (Fsp3) is 1.00. The molecule has 0 atom stereocenters. The second-order valence-corrected chi connectivity index (χ2v) is 4.01. The third-order valence-electron chi connectivity index (χ3n) is 2.61. The molecule has 2 rings (SSSR count). The van der Waals surface area contributed by atoms with Gasteiger partial charge in [0.15, 0.2) is 0 Å². The molecule has 1 heterocycles. The molecule has 0 radical (unpaired) electrons. The van der Waals surface area contributed by atoms with E-state index in [0.29, 0.717) is 39.0 Å². The molecule has 0 aromatic rings. The Morgan fingerprint density at radius 1 is 1.23 bits per heavy atom. The fourth-order valence-electron chi connectivity index (χ4n) is 1.62. The van der Waals surface area contributed by atoms with E-state index in [-0.39, 0.29) is 5.54 Å². The number of nitrogens with one attached hydrogen (secondary N) is 1. The van der Waals surface area contributed by atoms with Crippen LogP contribution >= 0.6 is 0 Å². The summed E-state index contributed by atoms with van der Waals surface area (Å²) in [7, 11) is 0. The molecule has 0 amide bonds. The smallest absolute Gasteiger partial charge is 0.0779 e. The normalized spacial score (nSPS) is 28.4. The molecular formula is C9H18N2O2. The van der Waals surface area contributed by atoms with Gasteiger partial charge in [-0.25, -0.2) is 0 Å². The third-order valence-corrected chi connectivity index (χ3v) is 2.61. The minimum atomic E-state index is -0.127. The van der Waals surface area contributed by atoms with Crippen LogP contribution in [0.2, 0.25) is 0 Å². The van der Waals surface area contributed by atoms with Crippen LogP contribution in [0.4, 0.5) is 0 Å². The first-order chi connectivity index (χ1) is 6.35. The maximum absolute atomic E-state index is 5.76. The third kappa shape index (κ3) is 2.40. The molecule has 0 spiro atoms. The SMILES string of the molecule is NCC1(NC2CC2)COCCOC1. The Kier molecular flexibility index (Phi) is 2.83. The highest BCUT2D eigenvalue weighted by Crippen LogP contribution is 2.23. The Labute approximate surface area is 78.8 Å². The second kappa shape index (κ2) is 3.92. The van der Waals surface area contributed by atoms with Crippen molar-refractivity contribution in [3.05, 3.63) is 0 Å². The second-order valence-electron chi connectivity index (χ2n) is 4.01. The van der Waals surface area contributed by atoms with Gasteiger partial charge in [0, 0.05) is 12.6 Å². The first-order valence-corrected chi connectivity index (χ1v) is 4.98. The van der Waals surface area contributed by atoms with Gasteiger partial charge in [0.2, 0.25) is 0 Å². The van der Waals surface area contributed by atoms with E-state index in [2.05, 4.69) is 5.32 Å². The molecule has 3 N–H and O–H groups in total. The van der Waals surface area contributed by atoms with Crippen molar-refractivity contribution in [3.8, 4) is 0 Å². The lowest BCUT2D eigenvalue weighted by Gasteiger charge is -2.31. The van der Waals surface area contributed by atoms with E-state index < -0.39 is 0 Å². The van der Waals surface area contributed by atoms with Crippen molar-refractivity contribution in [2.45, 2.75) is 24.4 Å². The molecule has 1 aliphatic heterocycles. The number of ether oxygens (including phenoxy) is 2. The van der Waals surface area contributed by atoms with Crippen LogP contribution in [-0.4, -0.2) is 44.6 Å². The summed E-state index contributed by atoms with van der Waals surface area (Å²) in [4.78, 5) is 0. The Hall–Kier alpha value is -0.160. The van der Waals surface area contributed by atoms with Crippen LogP contribution in [-0.2, 0) is 9.47 Å². The molecule has 13 heavy (non-hydrogen) atoms. The van der Waals surface area contributed by atoms with Gasteiger partial charge in [-0.05, 0) is 12.8 Å². The van der Waals surface area contributed by atoms with E-state index in [1.165, 1.54) is 12.8 Å². The Bertz CT molecular complexity index is 163. The van der Waals surface area contributed by atoms with Crippen molar-refractivity contribution in [3.63, 3.8) is 0 Å². The van der Waals surface area contributed by atoms with Gasteiger partial charge in [0.1, 0.15) is 0 Å². The average Bonchev–Trinajstić information content (AvgIpc) is 2.94. The number of hydrogen-bond acceptors (Lipinski definition) is 4. The zero-order chi connectivity index (χ0) is 9.15. The van der Waals surface area contributed by atoms with Crippen LogP contribution in [0.1, 0.15) is 12.8 Å². The largest absolute Gasteiger partial charge is 0.377 e.